The Bertz CT molecular complexity index is 411. The summed E-state index contributed by atoms with van der Waals surface area (Å²) in [6.45, 7) is 5.95. The second kappa shape index (κ2) is 5.85. The Morgan fingerprint density at radius 3 is 2.07 bits per heavy atom. The SMILES string of the molecule is CCC.Cc1ccc(S(C)(=O)=O)c(F)c1. The van der Waals surface area contributed by atoms with Gasteiger partial charge in [-0.15, -0.1) is 0 Å². The van der Waals surface area contributed by atoms with Crippen LogP contribution < -0.4 is 0 Å². The van der Waals surface area contributed by atoms with Gasteiger partial charge in [0.15, 0.2) is 9.84 Å². The van der Waals surface area contributed by atoms with Crippen LogP contribution in [0.1, 0.15) is 25.8 Å². The molecule has 0 radical (unpaired) electrons. The molecule has 1 aromatic carbocycles. The molecule has 0 spiro atoms. The summed E-state index contributed by atoms with van der Waals surface area (Å²) in [5.41, 5.74) is 0.708. The third-order valence-electron chi connectivity index (χ3n) is 1.49. The Kier molecular flexibility index (Phi) is 5.50. The van der Waals surface area contributed by atoms with Gasteiger partial charge in [0.2, 0.25) is 0 Å². The Balaban J connectivity index is 0.000000583. The topological polar surface area (TPSA) is 34.1 Å². The first-order valence-corrected chi connectivity index (χ1v) is 6.68. The van der Waals surface area contributed by atoms with Crippen LogP contribution in [0.5, 0.6) is 0 Å². The second-order valence-electron chi connectivity index (χ2n) is 3.41. The highest BCUT2D eigenvalue weighted by Crippen LogP contribution is 2.14. The van der Waals surface area contributed by atoms with Crippen LogP contribution in [0.3, 0.4) is 0 Å². The van der Waals surface area contributed by atoms with Gasteiger partial charge in [-0.25, -0.2) is 12.8 Å². The van der Waals surface area contributed by atoms with E-state index < -0.39 is 15.7 Å². The van der Waals surface area contributed by atoms with Crippen molar-refractivity contribution in [3.63, 3.8) is 0 Å². The number of sulfone groups is 1. The van der Waals surface area contributed by atoms with Crippen LogP contribution in [0, 0.1) is 12.7 Å². The standard InChI is InChI=1S/C8H9FO2S.C3H8/c1-6-3-4-8(7(9)5-6)12(2,10)11;1-3-2/h3-5H,1-2H3;3H2,1-2H3. The highest BCUT2D eigenvalue weighted by molar-refractivity contribution is 7.90. The molecule has 4 heteroatoms. The summed E-state index contributed by atoms with van der Waals surface area (Å²) in [7, 11) is -3.43. The molecule has 2 nitrogen and oxygen atoms in total. The highest BCUT2D eigenvalue weighted by Gasteiger charge is 2.12. The van der Waals surface area contributed by atoms with Crippen LogP contribution in [0.4, 0.5) is 4.39 Å². The average molecular weight is 232 g/mol. The molecule has 0 fully saturated rings. The molecule has 0 atom stereocenters. The first kappa shape index (κ1) is 14.1. The quantitative estimate of drug-likeness (QED) is 0.746. The van der Waals surface area contributed by atoms with Gasteiger partial charge in [-0.3, -0.25) is 0 Å². The lowest BCUT2D eigenvalue weighted by Gasteiger charge is -2.00. The zero-order valence-electron chi connectivity index (χ0n) is 9.54. The van der Waals surface area contributed by atoms with E-state index in [1.165, 1.54) is 18.6 Å². The number of aryl methyl sites for hydroxylation is 1. The van der Waals surface area contributed by atoms with Crippen LogP contribution in [-0.4, -0.2) is 14.7 Å². The molecule has 0 saturated carbocycles. The number of benzene rings is 1. The van der Waals surface area contributed by atoms with Crippen LogP contribution in [0.15, 0.2) is 23.1 Å². The van der Waals surface area contributed by atoms with E-state index in [4.69, 9.17) is 0 Å². The average Bonchev–Trinajstić information content (AvgIpc) is 2.02. The van der Waals surface area contributed by atoms with Crippen molar-refractivity contribution in [2.45, 2.75) is 32.1 Å². The Hall–Kier alpha value is -0.900. The molecule has 0 aliphatic heterocycles. The normalized spacial score (nSPS) is 10.5. The first-order chi connectivity index (χ1) is 6.82. The van der Waals surface area contributed by atoms with E-state index in [1.807, 2.05) is 0 Å². The molecule has 0 unspecified atom stereocenters. The van der Waals surface area contributed by atoms with Gasteiger partial charge in [0.05, 0.1) is 0 Å². The van der Waals surface area contributed by atoms with E-state index in [2.05, 4.69) is 13.8 Å². The molecule has 1 aromatic rings. The summed E-state index contributed by atoms with van der Waals surface area (Å²) >= 11 is 0. The molecule has 0 aliphatic carbocycles. The fourth-order valence-corrected chi connectivity index (χ4v) is 1.63. The van der Waals surface area contributed by atoms with Gasteiger partial charge in [0, 0.05) is 6.26 Å². The Labute approximate surface area is 91.1 Å². The van der Waals surface area contributed by atoms with Gasteiger partial charge < -0.3 is 0 Å². The Morgan fingerprint density at radius 1 is 1.27 bits per heavy atom. The van der Waals surface area contributed by atoms with Gasteiger partial charge in [-0.05, 0) is 24.6 Å². The molecule has 0 aromatic heterocycles. The minimum atomic E-state index is -3.43. The summed E-state index contributed by atoms with van der Waals surface area (Å²) < 4.78 is 34.8. The van der Waals surface area contributed by atoms with Crippen molar-refractivity contribution in [1.29, 1.82) is 0 Å². The fraction of sp³-hybridized carbons (Fsp3) is 0.455. The third-order valence-corrected chi connectivity index (χ3v) is 2.62. The Morgan fingerprint density at radius 2 is 1.73 bits per heavy atom. The smallest absolute Gasteiger partial charge is 0.178 e. The van der Waals surface area contributed by atoms with Crippen LogP contribution in [0.2, 0.25) is 0 Å². The molecular formula is C11H17FO2S. The predicted octanol–water partition coefficient (Wildman–Crippen LogP) is 2.95. The fourth-order valence-electron chi connectivity index (χ4n) is 0.907. The highest BCUT2D eigenvalue weighted by atomic mass is 32.2. The van der Waals surface area contributed by atoms with Crippen molar-refractivity contribution in [1.82, 2.24) is 0 Å². The second-order valence-corrected chi connectivity index (χ2v) is 5.40. The number of rotatable bonds is 1. The summed E-state index contributed by atoms with van der Waals surface area (Å²) in [6.07, 6.45) is 2.24. The van der Waals surface area contributed by atoms with Gasteiger partial charge >= 0.3 is 0 Å². The lowest BCUT2D eigenvalue weighted by atomic mass is 10.2. The van der Waals surface area contributed by atoms with E-state index in [9.17, 15) is 12.8 Å². The monoisotopic (exact) mass is 232 g/mol. The number of hydrogen-bond donors (Lipinski definition) is 0. The molecule has 0 saturated heterocycles. The molecule has 0 amide bonds. The third kappa shape index (κ3) is 4.93. The molecule has 0 aliphatic rings. The van der Waals surface area contributed by atoms with Crippen LogP contribution >= 0.6 is 0 Å². The molecule has 15 heavy (non-hydrogen) atoms. The maximum atomic E-state index is 13.0. The van der Waals surface area contributed by atoms with Crippen molar-refractivity contribution >= 4 is 9.84 Å². The molecule has 86 valence electrons. The molecule has 1 rings (SSSR count). The predicted molar refractivity (Wildman–Crippen MR) is 60.2 cm³/mol. The summed E-state index contributed by atoms with van der Waals surface area (Å²) in [5, 5.41) is 0. The summed E-state index contributed by atoms with van der Waals surface area (Å²) in [5.74, 6) is -0.683. The van der Waals surface area contributed by atoms with E-state index in [1.54, 1.807) is 13.0 Å². The van der Waals surface area contributed by atoms with Crippen LogP contribution in [0.25, 0.3) is 0 Å². The van der Waals surface area contributed by atoms with Gasteiger partial charge in [0.25, 0.3) is 0 Å². The van der Waals surface area contributed by atoms with Crippen LogP contribution in [-0.2, 0) is 9.84 Å². The van der Waals surface area contributed by atoms with Crippen molar-refractivity contribution in [3.05, 3.63) is 29.6 Å². The van der Waals surface area contributed by atoms with Gasteiger partial charge in [-0.2, -0.15) is 0 Å². The van der Waals surface area contributed by atoms with Crippen molar-refractivity contribution < 1.29 is 12.8 Å². The lowest BCUT2D eigenvalue weighted by molar-refractivity contribution is 0.570. The van der Waals surface area contributed by atoms with Crippen molar-refractivity contribution in [3.8, 4) is 0 Å². The van der Waals surface area contributed by atoms with E-state index >= 15 is 0 Å². The first-order valence-electron chi connectivity index (χ1n) is 4.79. The summed E-state index contributed by atoms with van der Waals surface area (Å²) in [4.78, 5) is -0.242. The zero-order chi connectivity index (χ0) is 12.1. The van der Waals surface area contributed by atoms with Gasteiger partial charge in [-0.1, -0.05) is 26.3 Å². The van der Waals surface area contributed by atoms with E-state index in [0.717, 1.165) is 6.26 Å². The number of halogens is 1. The largest absolute Gasteiger partial charge is 0.224 e. The van der Waals surface area contributed by atoms with Gasteiger partial charge in [0.1, 0.15) is 10.7 Å². The minimum Gasteiger partial charge on any atom is -0.224 e. The number of hydrogen-bond acceptors (Lipinski definition) is 2. The van der Waals surface area contributed by atoms with Crippen molar-refractivity contribution in [2.24, 2.45) is 0 Å². The van der Waals surface area contributed by atoms with E-state index in [-0.39, 0.29) is 4.90 Å². The van der Waals surface area contributed by atoms with E-state index in [0.29, 0.717) is 5.56 Å². The molecule has 0 N–H and O–H groups in total. The lowest BCUT2D eigenvalue weighted by Crippen LogP contribution is -2.00. The maximum absolute atomic E-state index is 13.0. The summed E-state index contributed by atoms with van der Waals surface area (Å²) in [6, 6.07) is 4.05. The molecule has 0 heterocycles. The minimum absolute atomic E-state index is 0.242. The van der Waals surface area contributed by atoms with Crippen molar-refractivity contribution in [2.75, 3.05) is 6.26 Å². The maximum Gasteiger partial charge on any atom is 0.178 e. The molecule has 0 bridgehead atoms. The zero-order valence-corrected chi connectivity index (χ0v) is 10.4. The molecular weight excluding hydrogens is 215 g/mol.